The van der Waals surface area contributed by atoms with Crippen LogP contribution in [0, 0.1) is 0 Å². The van der Waals surface area contributed by atoms with Gasteiger partial charge in [0.05, 0.1) is 11.6 Å². The van der Waals surface area contributed by atoms with Gasteiger partial charge in [-0.25, -0.2) is 14.6 Å². The highest BCUT2D eigenvalue weighted by Crippen LogP contribution is 2.44. The summed E-state index contributed by atoms with van der Waals surface area (Å²) in [4.78, 5) is 42.5. The molecule has 1 aromatic heterocycles. The van der Waals surface area contributed by atoms with Crippen LogP contribution in [0.15, 0.2) is 54.7 Å². The number of anilines is 1. The van der Waals surface area contributed by atoms with Crippen LogP contribution in [-0.2, 0) is 9.53 Å². The van der Waals surface area contributed by atoms with Crippen LogP contribution in [0.2, 0.25) is 0 Å². The van der Waals surface area contributed by atoms with Gasteiger partial charge in [0.25, 0.3) is 5.91 Å². The molecule has 0 spiro atoms. The van der Waals surface area contributed by atoms with Gasteiger partial charge in [-0.3, -0.25) is 10.1 Å². The number of carboxylic acid groups (broad SMARTS) is 1. The van der Waals surface area contributed by atoms with E-state index in [1.807, 2.05) is 36.4 Å². The van der Waals surface area contributed by atoms with Crippen LogP contribution < -0.4 is 5.32 Å². The van der Waals surface area contributed by atoms with Crippen molar-refractivity contribution in [3.05, 3.63) is 70.7 Å². The van der Waals surface area contributed by atoms with E-state index in [2.05, 4.69) is 22.4 Å². The number of fused-ring (bicyclic) bond motifs is 3. The van der Waals surface area contributed by atoms with Crippen molar-refractivity contribution >= 4 is 46.2 Å². The predicted octanol–water partition coefficient (Wildman–Crippen LogP) is 4.49. The molecule has 1 saturated heterocycles. The minimum absolute atomic E-state index is 0.0614. The lowest BCUT2D eigenvalue weighted by Crippen LogP contribution is -2.44. The first-order chi connectivity index (χ1) is 16.4. The Labute approximate surface area is 204 Å². The third kappa shape index (κ3) is 4.03. The van der Waals surface area contributed by atoms with E-state index in [0.717, 1.165) is 33.6 Å². The Bertz CT molecular complexity index is 1230. The molecule has 2 heterocycles. The van der Waals surface area contributed by atoms with E-state index < -0.39 is 24.0 Å². The molecule has 2 aliphatic rings. The summed E-state index contributed by atoms with van der Waals surface area (Å²) in [5, 5.41) is 11.9. The zero-order valence-electron chi connectivity index (χ0n) is 18.1. The van der Waals surface area contributed by atoms with Gasteiger partial charge in [-0.2, -0.15) is 0 Å². The molecule has 2 unspecified atom stereocenters. The van der Waals surface area contributed by atoms with Gasteiger partial charge in [-0.15, -0.1) is 11.8 Å². The molecule has 2 atom stereocenters. The van der Waals surface area contributed by atoms with E-state index in [0.29, 0.717) is 5.75 Å². The fraction of sp³-hybridized carbons (Fsp3) is 0.250. The predicted molar refractivity (Wildman–Crippen MR) is 130 cm³/mol. The Kier molecular flexibility index (Phi) is 6.01. The third-order valence-electron chi connectivity index (χ3n) is 6.01. The average molecular weight is 496 g/mol. The van der Waals surface area contributed by atoms with E-state index in [4.69, 9.17) is 4.74 Å². The van der Waals surface area contributed by atoms with Gasteiger partial charge < -0.3 is 14.7 Å². The molecule has 10 heteroatoms. The van der Waals surface area contributed by atoms with E-state index in [-0.39, 0.29) is 27.9 Å². The summed E-state index contributed by atoms with van der Waals surface area (Å²) in [5.74, 6) is -1.17. The summed E-state index contributed by atoms with van der Waals surface area (Å²) in [6, 6.07) is 15.3. The smallest absolute Gasteiger partial charge is 0.413 e. The lowest BCUT2D eigenvalue weighted by atomic mass is 9.98. The lowest BCUT2D eigenvalue weighted by molar-refractivity contribution is -0.141. The highest BCUT2D eigenvalue weighted by atomic mass is 32.2. The largest absolute Gasteiger partial charge is 0.480 e. The van der Waals surface area contributed by atoms with Crippen molar-refractivity contribution in [2.24, 2.45) is 0 Å². The van der Waals surface area contributed by atoms with Crippen molar-refractivity contribution in [3.63, 3.8) is 0 Å². The topological polar surface area (TPSA) is 109 Å². The van der Waals surface area contributed by atoms with Gasteiger partial charge in [0.15, 0.2) is 5.13 Å². The van der Waals surface area contributed by atoms with Gasteiger partial charge in [0.1, 0.15) is 17.5 Å². The number of carbonyl (C=O) groups is 3. The average Bonchev–Trinajstić information content (AvgIpc) is 3.53. The number of amides is 2. The fourth-order valence-corrected chi connectivity index (χ4v) is 6.33. The number of carbonyl (C=O) groups excluding carboxylic acids is 2. The summed E-state index contributed by atoms with van der Waals surface area (Å²) >= 11 is 2.40. The quantitative estimate of drug-likeness (QED) is 0.537. The van der Waals surface area contributed by atoms with Crippen molar-refractivity contribution in [1.29, 1.82) is 0 Å². The molecule has 2 N–H and O–H groups in total. The Balaban J connectivity index is 1.24. The molecule has 34 heavy (non-hydrogen) atoms. The van der Waals surface area contributed by atoms with Gasteiger partial charge in [0, 0.05) is 11.7 Å². The Hall–Kier alpha value is -3.37. The van der Waals surface area contributed by atoms with Crippen LogP contribution in [0.5, 0.6) is 0 Å². The number of nitrogens with zero attached hydrogens (tertiary/aromatic N) is 2. The SMILES string of the molecule is CC1SCC(C(=O)O)N1C(=O)c1cnc(NC(=O)OCC2c3ccccc3-c3ccccc32)s1. The summed E-state index contributed by atoms with van der Waals surface area (Å²) in [6.07, 6.45) is 0.685. The molecule has 0 bridgehead atoms. The zero-order valence-corrected chi connectivity index (χ0v) is 19.8. The van der Waals surface area contributed by atoms with E-state index in [1.54, 1.807) is 6.92 Å². The Morgan fingerprint density at radius 3 is 2.41 bits per heavy atom. The standard InChI is InChI=1S/C24H21N3O5S2/c1-13-27(19(12-33-13)22(29)30)21(28)20-10-25-23(34-20)26-24(31)32-11-18-16-8-4-2-6-14(16)15-7-3-5-9-17(15)18/h2-10,13,18-19H,11-12H2,1H3,(H,29,30)(H,25,26,31). The zero-order chi connectivity index (χ0) is 23.8. The maximum atomic E-state index is 12.9. The van der Waals surface area contributed by atoms with E-state index in [9.17, 15) is 19.5 Å². The maximum absolute atomic E-state index is 12.9. The number of hydrogen-bond acceptors (Lipinski definition) is 7. The molecule has 2 amide bonds. The van der Waals surface area contributed by atoms with Crippen molar-refractivity contribution < 1.29 is 24.2 Å². The van der Waals surface area contributed by atoms with Gasteiger partial charge in [0.2, 0.25) is 0 Å². The lowest BCUT2D eigenvalue weighted by Gasteiger charge is -2.24. The first-order valence-corrected chi connectivity index (χ1v) is 12.6. The molecule has 1 aliphatic heterocycles. The summed E-state index contributed by atoms with van der Waals surface area (Å²) in [7, 11) is 0. The van der Waals surface area contributed by atoms with Gasteiger partial charge >= 0.3 is 12.1 Å². The second-order valence-corrected chi connectivity index (χ2v) is 10.4. The normalized spacial score (nSPS) is 18.9. The Morgan fingerprint density at radius 2 is 1.76 bits per heavy atom. The highest BCUT2D eigenvalue weighted by Gasteiger charge is 2.40. The molecule has 1 aliphatic carbocycles. The first kappa shape index (κ1) is 22.4. The monoisotopic (exact) mass is 495 g/mol. The van der Waals surface area contributed by atoms with Gasteiger partial charge in [-0.1, -0.05) is 59.9 Å². The van der Waals surface area contributed by atoms with Crippen LogP contribution in [0.25, 0.3) is 11.1 Å². The molecule has 174 valence electrons. The number of benzene rings is 2. The summed E-state index contributed by atoms with van der Waals surface area (Å²) in [6.45, 7) is 1.96. The van der Waals surface area contributed by atoms with Crippen LogP contribution >= 0.6 is 23.1 Å². The number of nitrogens with one attached hydrogen (secondary N) is 1. The number of carboxylic acids is 1. The van der Waals surface area contributed by atoms with Crippen LogP contribution in [0.1, 0.15) is 33.6 Å². The molecule has 2 aromatic carbocycles. The van der Waals surface area contributed by atoms with Crippen molar-refractivity contribution in [1.82, 2.24) is 9.88 Å². The van der Waals surface area contributed by atoms with E-state index in [1.165, 1.54) is 22.9 Å². The van der Waals surface area contributed by atoms with Crippen LogP contribution in [0.4, 0.5) is 9.93 Å². The van der Waals surface area contributed by atoms with E-state index >= 15 is 0 Å². The minimum atomic E-state index is -1.04. The molecule has 8 nitrogen and oxygen atoms in total. The molecular formula is C24H21N3O5S2. The number of thiazole rings is 1. The Morgan fingerprint density at radius 1 is 1.12 bits per heavy atom. The number of aromatic nitrogens is 1. The highest BCUT2D eigenvalue weighted by molar-refractivity contribution is 8.00. The number of ether oxygens (including phenoxy) is 1. The second-order valence-electron chi connectivity index (χ2n) is 7.98. The molecular weight excluding hydrogens is 474 g/mol. The van der Waals surface area contributed by atoms with Crippen molar-refractivity contribution in [3.8, 4) is 11.1 Å². The number of hydrogen-bond donors (Lipinski definition) is 2. The third-order valence-corrected chi connectivity index (χ3v) is 8.13. The number of aliphatic carboxylic acids is 1. The summed E-state index contributed by atoms with van der Waals surface area (Å²) in [5.41, 5.74) is 4.52. The number of rotatable bonds is 5. The van der Waals surface area contributed by atoms with Crippen LogP contribution in [-0.4, -0.2) is 56.7 Å². The number of thioether (sulfide) groups is 1. The summed E-state index contributed by atoms with van der Waals surface area (Å²) < 4.78 is 5.52. The maximum Gasteiger partial charge on any atom is 0.413 e. The minimum Gasteiger partial charge on any atom is -0.480 e. The van der Waals surface area contributed by atoms with Crippen molar-refractivity contribution in [2.75, 3.05) is 17.7 Å². The molecule has 5 rings (SSSR count). The van der Waals surface area contributed by atoms with Gasteiger partial charge in [-0.05, 0) is 29.2 Å². The first-order valence-electron chi connectivity index (χ1n) is 10.7. The molecule has 0 saturated carbocycles. The molecule has 3 aromatic rings. The van der Waals surface area contributed by atoms with Crippen molar-refractivity contribution in [2.45, 2.75) is 24.3 Å². The van der Waals surface area contributed by atoms with Crippen LogP contribution in [0.3, 0.4) is 0 Å². The fourth-order valence-electron chi connectivity index (χ4n) is 4.42. The molecule has 1 fully saturated rings. The molecule has 0 radical (unpaired) electrons. The second kappa shape index (κ2) is 9.11.